The average molecular weight is 195 g/mol. The topological polar surface area (TPSA) is 87.0 Å². The first-order valence-electron chi connectivity index (χ1n) is 4.58. The van der Waals surface area contributed by atoms with Gasteiger partial charge in [-0.2, -0.15) is 4.98 Å². The highest BCUT2D eigenvalue weighted by atomic mass is 16.1. The van der Waals surface area contributed by atoms with Gasteiger partial charge < -0.3 is 16.0 Å². The average Bonchev–Trinajstić information content (AvgIpc) is 2.18. The molecule has 76 valence electrons. The van der Waals surface area contributed by atoms with E-state index in [2.05, 4.69) is 15.3 Å². The molecular weight excluding hydrogens is 182 g/mol. The summed E-state index contributed by atoms with van der Waals surface area (Å²) in [7, 11) is 0. The zero-order valence-electron chi connectivity index (χ0n) is 7.79. The Hall–Kier alpha value is -1.56. The molecule has 14 heavy (non-hydrogen) atoms. The molecule has 0 amide bonds. The van der Waals surface area contributed by atoms with E-state index in [9.17, 15) is 4.79 Å². The number of piperazine rings is 1. The molecular formula is C8H13N5O. The van der Waals surface area contributed by atoms with Crippen molar-refractivity contribution in [3.8, 4) is 0 Å². The summed E-state index contributed by atoms with van der Waals surface area (Å²) in [6.45, 7) is 3.54. The number of hydrogen-bond acceptors (Lipinski definition) is 5. The molecule has 2 heterocycles. The number of aromatic amines is 1. The lowest BCUT2D eigenvalue weighted by Crippen LogP contribution is -2.44. The van der Waals surface area contributed by atoms with Crippen LogP contribution in [0.3, 0.4) is 0 Å². The summed E-state index contributed by atoms with van der Waals surface area (Å²) >= 11 is 0. The summed E-state index contributed by atoms with van der Waals surface area (Å²) in [5.74, 6) is 0.832. The number of nitrogens with zero attached hydrogens (tertiary/aromatic N) is 2. The lowest BCUT2D eigenvalue weighted by Gasteiger charge is -2.28. The molecule has 1 aliphatic heterocycles. The molecule has 2 rings (SSSR count). The largest absolute Gasteiger partial charge is 0.369 e. The van der Waals surface area contributed by atoms with Crippen molar-refractivity contribution in [1.82, 2.24) is 15.3 Å². The van der Waals surface area contributed by atoms with Crippen molar-refractivity contribution in [2.45, 2.75) is 0 Å². The fraction of sp³-hybridized carbons (Fsp3) is 0.500. The molecule has 1 aromatic rings. The molecule has 1 saturated heterocycles. The van der Waals surface area contributed by atoms with Gasteiger partial charge in [0.15, 0.2) is 0 Å². The van der Waals surface area contributed by atoms with Gasteiger partial charge in [0.1, 0.15) is 5.82 Å². The zero-order valence-corrected chi connectivity index (χ0v) is 7.79. The van der Waals surface area contributed by atoms with Gasteiger partial charge in [-0.15, -0.1) is 0 Å². The predicted octanol–water partition coefficient (Wildman–Crippen LogP) is -1.24. The van der Waals surface area contributed by atoms with E-state index in [0.29, 0.717) is 5.82 Å². The van der Waals surface area contributed by atoms with E-state index in [1.54, 1.807) is 0 Å². The Morgan fingerprint density at radius 1 is 1.43 bits per heavy atom. The molecule has 0 radical (unpaired) electrons. The lowest BCUT2D eigenvalue weighted by atomic mass is 10.3. The zero-order chi connectivity index (χ0) is 9.97. The quantitative estimate of drug-likeness (QED) is 0.522. The van der Waals surface area contributed by atoms with Crippen LogP contribution in [0.25, 0.3) is 0 Å². The van der Waals surface area contributed by atoms with Gasteiger partial charge >= 0.3 is 0 Å². The second kappa shape index (κ2) is 3.67. The number of nitrogens with two attached hydrogens (primary N) is 1. The SMILES string of the molecule is Nc1nc(N2CCNCC2)cc(=O)[nH]1. The van der Waals surface area contributed by atoms with E-state index in [0.717, 1.165) is 26.2 Å². The highest BCUT2D eigenvalue weighted by Gasteiger charge is 2.12. The van der Waals surface area contributed by atoms with Crippen LogP contribution < -0.4 is 21.5 Å². The summed E-state index contributed by atoms with van der Waals surface area (Å²) in [5.41, 5.74) is 5.25. The molecule has 0 saturated carbocycles. The second-order valence-corrected chi connectivity index (χ2v) is 3.23. The van der Waals surface area contributed by atoms with Gasteiger partial charge in [0.2, 0.25) is 5.95 Å². The smallest absolute Gasteiger partial charge is 0.254 e. The Labute approximate surface area is 81.1 Å². The minimum Gasteiger partial charge on any atom is -0.369 e. The molecule has 1 fully saturated rings. The fourth-order valence-electron chi connectivity index (χ4n) is 1.52. The summed E-state index contributed by atoms with van der Waals surface area (Å²) in [4.78, 5) is 19.7. The number of nitrogens with one attached hydrogen (secondary N) is 2. The van der Waals surface area contributed by atoms with Gasteiger partial charge in [0.05, 0.1) is 0 Å². The normalized spacial score (nSPS) is 17.0. The first kappa shape index (κ1) is 9.01. The van der Waals surface area contributed by atoms with Crippen LogP contribution >= 0.6 is 0 Å². The highest BCUT2D eigenvalue weighted by Crippen LogP contribution is 2.08. The van der Waals surface area contributed by atoms with Crippen LogP contribution in [0.2, 0.25) is 0 Å². The van der Waals surface area contributed by atoms with Crippen LogP contribution in [0.5, 0.6) is 0 Å². The van der Waals surface area contributed by atoms with Crippen molar-refractivity contribution in [2.24, 2.45) is 0 Å². The number of nitrogen functional groups attached to an aromatic ring is 1. The molecule has 1 aromatic heterocycles. The summed E-state index contributed by atoms with van der Waals surface area (Å²) < 4.78 is 0. The van der Waals surface area contributed by atoms with Gasteiger partial charge in [-0.25, -0.2) is 0 Å². The van der Waals surface area contributed by atoms with E-state index < -0.39 is 0 Å². The lowest BCUT2D eigenvalue weighted by molar-refractivity contribution is 0.584. The molecule has 0 aromatic carbocycles. The molecule has 0 bridgehead atoms. The molecule has 0 atom stereocenters. The summed E-state index contributed by atoms with van der Waals surface area (Å²) in [6, 6.07) is 1.47. The van der Waals surface area contributed by atoms with E-state index in [4.69, 9.17) is 5.73 Å². The van der Waals surface area contributed by atoms with Crippen molar-refractivity contribution in [3.05, 3.63) is 16.4 Å². The minimum absolute atomic E-state index is 0.172. The van der Waals surface area contributed by atoms with Crippen LogP contribution in [0.15, 0.2) is 10.9 Å². The molecule has 1 aliphatic rings. The van der Waals surface area contributed by atoms with Gasteiger partial charge in [-0.05, 0) is 0 Å². The van der Waals surface area contributed by atoms with Crippen molar-refractivity contribution >= 4 is 11.8 Å². The van der Waals surface area contributed by atoms with Gasteiger partial charge in [0.25, 0.3) is 5.56 Å². The molecule has 0 unspecified atom stereocenters. The Kier molecular flexibility index (Phi) is 2.36. The van der Waals surface area contributed by atoms with Gasteiger partial charge in [-0.3, -0.25) is 9.78 Å². The van der Waals surface area contributed by atoms with Crippen molar-refractivity contribution in [1.29, 1.82) is 0 Å². The third kappa shape index (κ3) is 1.85. The Bertz CT molecular complexity index is 368. The van der Waals surface area contributed by atoms with Gasteiger partial charge in [-0.1, -0.05) is 0 Å². The number of anilines is 2. The van der Waals surface area contributed by atoms with Crippen LogP contribution in [0.4, 0.5) is 11.8 Å². The van der Waals surface area contributed by atoms with Gasteiger partial charge in [0, 0.05) is 32.2 Å². The monoisotopic (exact) mass is 195 g/mol. The standard InChI is InChI=1S/C8H13N5O/c9-8-11-6(5-7(14)12-8)13-3-1-10-2-4-13/h5,10H,1-4H2,(H3,9,11,12,14). The van der Waals surface area contributed by atoms with Crippen molar-refractivity contribution < 1.29 is 0 Å². The molecule has 6 heteroatoms. The van der Waals surface area contributed by atoms with Crippen LogP contribution in [-0.4, -0.2) is 36.1 Å². The first-order chi connectivity index (χ1) is 6.75. The Balaban J connectivity index is 2.26. The van der Waals surface area contributed by atoms with Crippen LogP contribution in [0, 0.1) is 0 Å². The fourth-order valence-corrected chi connectivity index (χ4v) is 1.52. The first-order valence-corrected chi connectivity index (χ1v) is 4.58. The summed E-state index contributed by atoms with van der Waals surface area (Å²) in [5, 5.41) is 3.23. The van der Waals surface area contributed by atoms with Crippen LogP contribution in [0.1, 0.15) is 0 Å². The minimum atomic E-state index is -0.203. The molecule has 6 nitrogen and oxygen atoms in total. The van der Waals surface area contributed by atoms with Crippen molar-refractivity contribution in [3.63, 3.8) is 0 Å². The maximum atomic E-state index is 11.1. The van der Waals surface area contributed by atoms with E-state index in [-0.39, 0.29) is 11.5 Å². The number of aromatic nitrogens is 2. The predicted molar refractivity (Wildman–Crippen MR) is 54.4 cm³/mol. The number of rotatable bonds is 1. The molecule has 4 N–H and O–H groups in total. The molecule has 0 aliphatic carbocycles. The van der Waals surface area contributed by atoms with E-state index >= 15 is 0 Å². The third-order valence-corrected chi connectivity index (χ3v) is 2.19. The maximum absolute atomic E-state index is 11.1. The maximum Gasteiger partial charge on any atom is 0.254 e. The number of hydrogen-bond donors (Lipinski definition) is 3. The Morgan fingerprint density at radius 3 is 2.79 bits per heavy atom. The highest BCUT2D eigenvalue weighted by molar-refractivity contribution is 5.41. The molecule has 0 spiro atoms. The van der Waals surface area contributed by atoms with Crippen LogP contribution in [-0.2, 0) is 0 Å². The third-order valence-electron chi connectivity index (χ3n) is 2.19. The summed E-state index contributed by atoms with van der Waals surface area (Å²) in [6.07, 6.45) is 0. The van der Waals surface area contributed by atoms with E-state index in [1.165, 1.54) is 6.07 Å². The number of H-pyrrole nitrogens is 1. The second-order valence-electron chi connectivity index (χ2n) is 3.23. The van der Waals surface area contributed by atoms with E-state index in [1.807, 2.05) is 4.90 Å². The Morgan fingerprint density at radius 2 is 2.14 bits per heavy atom. The van der Waals surface area contributed by atoms with Crippen molar-refractivity contribution in [2.75, 3.05) is 36.8 Å².